The van der Waals surface area contributed by atoms with Gasteiger partial charge in [-0.2, -0.15) is 0 Å². The number of nitrogens with one attached hydrogen (secondary N) is 2. The highest BCUT2D eigenvalue weighted by Gasteiger charge is 2.24. The molecule has 2 amide bonds. The highest BCUT2D eigenvalue weighted by atomic mass is 16.2. The summed E-state index contributed by atoms with van der Waals surface area (Å²) < 4.78 is 0. The first-order valence-electron chi connectivity index (χ1n) is 9.64. The number of aryl methyl sites for hydroxylation is 1. The molecule has 2 aromatic rings. The van der Waals surface area contributed by atoms with Crippen molar-refractivity contribution in [3.05, 3.63) is 71.8 Å². The van der Waals surface area contributed by atoms with E-state index in [2.05, 4.69) is 22.8 Å². The number of rotatable bonds is 9. The number of amides is 2. The molecule has 0 spiro atoms. The van der Waals surface area contributed by atoms with Gasteiger partial charge in [-0.25, -0.2) is 0 Å². The molecule has 144 valence electrons. The van der Waals surface area contributed by atoms with Crippen LogP contribution in [0.1, 0.15) is 50.8 Å². The second-order valence-electron chi connectivity index (χ2n) is 7.44. The Morgan fingerprint density at radius 2 is 1.44 bits per heavy atom. The van der Waals surface area contributed by atoms with Crippen molar-refractivity contribution in [1.82, 2.24) is 10.6 Å². The standard InChI is InChI=1S/C23H30N2O2/c1-17(2)16-21(26)25-22(20-12-8-5-9-13-20)23(27)24-18(3)14-15-19-10-6-4-7-11-19/h4-13,17-18,22H,14-16H2,1-3H3,(H,24,27)(H,25,26). The molecular formula is C23H30N2O2. The molecule has 4 nitrogen and oxygen atoms in total. The Morgan fingerprint density at radius 3 is 2.04 bits per heavy atom. The second kappa shape index (κ2) is 10.5. The molecule has 0 heterocycles. The number of carbonyl (C=O) groups excluding carboxylic acids is 2. The van der Waals surface area contributed by atoms with Crippen molar-refractivity contribution in [1.29, 1.82) is 0 Å². The van der Waals surface area contributed by atoms with Crippen molar-refractivity contribution in [3.8, 4) is 0 Å². The zero-order valence-corrected chi connectivity index (χ0v) is 16.4. The largest absolute Gasteiger partial charge is 0.352 e. The molecule has 0 radical (unpaired) electrons. The molecule has 2 rings (SSSR count). The van der Waals surface area contributed by atoms with Crippen LogP contribution in [-0.2, 0) is 16.0 Å². The van der Waals surface area contributed by atoms with E-state index in [0.29, 0.717) is 6.42 Å². The third kappa shape index (κ3) is 7.26. The Bertz CT molecular complexity index is 714. The molecule has 0 aliphatic heterocycles. The third-order valence-corrected chi connectivity index (χ3v) is 4.39. The first-order chi connectivity index (χ1) is 13.0. The molecule has 0 fully saturated rings. The lowest BCUT2D eigenvalue weighted by molar-refractivity contribution is -0.130. The van der Waals surface area contributed by atoms with E-state index in [9.17, 15) is 9.59 Å². The third-order valence-electron chi connectivity index (χ3n) is 4.39. The molecule has 0 bridgehead atoms. The predicted octanol–water partition coefficient (Wildman–Crippen LogP) is 4.03. The van der Waals surface area contributed by atoms with Crippen molar-refractivity contribution < 1.29 is 9.59 Å². The lowest BCUT2D eigenvalue weighted by Crippen LogP contribution is -2.43. The molecule has 0 aliphatic carbocycles. The van der Waals surface area contributed by atoms with Crippen LogP contribution >= 0.6 is 0 Å². The summed E-state index contributed by atoms with van der Waals surface area (Å²) in [5.41, 5.74) is 2.05. The van der Waals surface area contributed by atoms with Gasteiger partial charge in [-0.3, -0.25) is 9.59 Å². The molecule has 2 unspecified atom stereocenters. The summed E-state index contributed by atoms with van der Waals surface area (Å²) >= 11 is 0. The highest BCUT2D eigenvalue weighted by molar-refractivity contribution is 5.88. The molecular weight excluding hydrogens is 336 g/mol. The first kappa shape index (κ1) is 20.7. The monoisotopic (exact) mass is 366 g/mol. The van der Waals surface area contributed by atoms with Gasteiger partial charge in [0, 0.05) is 12.5 Å². The first-order valence-corrected chi connectivity index (χ1v) is 9.64. The Morgan fingerprint density at radius 1 is 0.852 bits per heavy atom. The van der Waals surface area contributed by atoms with Gasteiger partial charge >= 0.3 is 0 Å². The van der Waals surface area contributed by atoms with Crippen LogP contribution < -0.4 is 10.6 Å². The summed E-state index contributed by atoms with van der Waals surface area (Å²) in [5.74, 6) is -0.0286. The lowest BCUT2D eigenvalue weighted by atomic mass is 10.0. The van der Waals surface area contributed by atoms with Gasteiger partial charge in [-0.15, -0.1) is 0 Å². The van der Waals surface area contributed by atoms with Crippen LogP contribution in [0.4, 0.5) is 0 Å². The van der Waals surface area contributed by atoms with Gasteiger partial charge < -0.3 is 10.6 Å². The van der Waals surface area contributed by atoms with Crippen molar-refractivity contribution >= 4 is 11.8 Å². The molecule has 0 saturated heterocycles. The minimum atomic E-state index is -0.670. The van der Waals surface area contributed by atoms with E-state index in [1.165, 1.54) is 5.56 Å². The zero-order valence-electron chi connectivity index (χ0n) is 16.4. The summed E-state index contributed by atoms with van der Waals surface area (Å²) in [6, 6.07) is 19.0. The van der Waals surface area contributed by atoms with E-state index < -0.39 is 6.04 Å². The van der Waals surface area contributed by atoms with Gasteiger partial charge in [0.1, 0.15) is 6.04 Å². The summed E-state index contributed by atoms with van der Waals surface area (Å²) in [6.45, 7) is 5.98. The maximum Gasteiger partial charge on any atom is 0.247 e. The van der Waals surface area contributed by atoms with Crippen LogP contribution in [0.15, 0.2) is 60.7 Å². The summed E-state index contributed by atoms with van der Waals surface area (Å²) in [7, 11) is 0. The molecule has 2 aromatic carbocycles. The van der Waals surface area contributed by atoms with E-state index in [0.717, 1.165) is 18.4 Å². The van der Waals surface area contributed by atoms with E-state index in [4.69, 9.17) is 0 Å². The topological polar surface area (TPSA) is 58.2 Å². The SMILES string of the molecule is CC(C)CC(=O)NC(C(=O)NC(C)CCc1ccccc1)c1ccccc1. The maximum atomic E-state index is 12.9. The van der Waals surface area contributed by atoms with Crippen LogP contribution in [0.2, 0.25) is 0 Å². The Balaban J connectivity index is 1.99. The molecule has 0 aromatic heterocycles. The summed E-state index contributed by atoms with van der Waals surface area (Å²) in [6.07, 6.45) is 2.15. The van der Waals surface area contributed by atoms with Crippen LogP contribution in [0.25, 0.3) is 0 Å². The Labute approximate surface area is 162 Å². The van der Waals surface area contributed by atoms with Crippen molar-refractivity contribution in [2.45, 2.75) is 52.1 Å². The summed E-state index contributed by atoms with van der Waals surface area (Å²) in [4.78, 5) is 25.1. The van der Waals surface area contributed by atoms with Gasteiger partial charge in [-0.05, 0) is 36.8 Å². The van der Waals surface area contributed by atoms with Crippen LogP contribution in [0, 0.1) is 5.92 Å². The molecule has 0 aliphatic rings. The van der Waals surface area contributed by atoms with Gasteiger partial charge in [0.15, 0.2) is 0 Å². The minimum absolute atomic E-state index is 0.0194. The minimum Gasteiger partial charge on any atom is -0.352 e. The molecule has 0 saturated carbocycles. The van der Waals surface area contributed by atoms with Gasteiger partial charge in [0.05, 0.1) is 0 Å². The molecule has 2 atom stereocenters. The van der Waals surface area contributed by atoms with E-state index in [1.807, 2.05) is 69.3 Å². The average molecular weight is 367 g/mol. The summed E-state index contributed by atoms with van der Waals surface area (Å²) in [5, 5.41) is 5.95. The smallest absolute Gasteiger partial charge is 0.247 e. The van der Waals surface area contributed by atoms with Crippen molar-refractivity contribution in [3.63, 3.8) is 0 Å². The highest BCUT2D eigenvalue weighted by Crippen LogP contribution is 2.15. The van der Waals surface area contributed by atoms with E-state index in [1.54, 1.807) is 0 Å². The van der Waals surface area contributed by atoms with E-state index in [-0.39, 0.29) is 23.8 Å². The van der Waals surface area contributed by atoms with Crippen molar-refractivity contribution in [2.75, 3.05) is 0 Å². The van der Waals surface area contributed by atoms with Gasteiger partial charge in [0.25, 0.3) is 0 Å². The van der Waals surface area contributed by atoms with Gasteiger partial charge in [-0.1, -0.05) is 74.5 Å². The van der Waals surface area contributed by atoms with Crippen LogP contribution in [0.5, 0.6) is 0 Å². The number of hydrogen-bond donors (Lipinski definition) is 2. The normalized spacial score (nSPS) is 13.0. The van der Waals surface area contributed by atoms with Gasteiger partial charge in [0.2, 0.25) is 11.8 Å². The number of carbonyl (C=O) groups is 2. The Hall–Kier alpha value is -2.62. The average Bonchev–Trinajstić information content (AvgIpc) is 2.65. The number of benzene rings is 2. The molecule has 27 heavy (non-hydrogen) atoms. The van der Waals surface area contributed by atoms with Crippen LogP contribution in [0.3, 0.4) is 0 Å². The second-order valence-corrected chi connectivity index (χ2v) is 7.44. The fourth-order valence-electron chi connectivity index (χ4n) is 2.96. The quantitative estimate of drug-likeness (QED) is 0.704. The predicted molar refractivity (Wildman–Crippen MR) is 109 cm³/mol. The zero-order chi connectivity index (χ0) is 19.6. The Kier molecular flexibility index (Phi) is 8.05. The number of hydrogen-bond acceptors (Lipinski definition) is 2. The molecule has 2 N–H and O–H groups in total. The van der Waals surface area contributed by atoms with Crippen LogP contribution in [-0.4, -0.2) is 17.9 Å². The van der Waals surface area contributed by atoms with E-state index >= 15 is 0 Å². The fraction of sp³-hybridized carbons (Fsp3) is 0.391. The van der Waals surface area contributed by atoms with Crippen molar-refractivity contribution in [2.24, 2.45) is 5.92 Å². The lowest BCUT2D eigenvalue weighted by Gasteiger charge is -2.22. The maximum absolute atomic E-state index is 12.9. The fourth-order valence-corrected chi connectivity index (χ4v) is 2.96. The molecule has 4 heteroatoms.